The van der Waals surface area contributed by atoms with Gasteiger partial charge in [0.2, 0.25) is 0 Å². The van der Waals surface area contributed by atoms with E-state index in [-0.39, 0.29) is 17.7 Å². The van der Waals surface area contributed by atoms with Gasteiger partial charge < -0.3 is 9.47 Å². The van der Waals surface area contributed by atoms with Crippen LogP contribution in [-0.4, -0.2) is 61.3 Å². The van der Waals surface area contributed by atoms with Crippen LogP contribution in [0.25, 0.3) is 0 Å². The van der Waals surface area contributed by atoms with E-state index in [0.717, 1.165) is 13.8 Å². The number of rotatable bonds is 9. The molecule has 1 saturated carbocycles. The molecule has 27 heavy (non-hydrogen) atoms. The van der Waals surface area contributed by atoms with E-state index < -0.39 is 56.4 Å². The van der Waals surface area contributed by atoms with Crippen LogP contribution in [0.5, 0.6) is 0 Å². The van der Waals surface area contributed by atoms with Gasteiger partial charge in [-0.15, -0.1) is 0 Å². The first-order valence-corrected chi connectivity index (χ1v) is 8.80. The van der Waals surface area contributed by atoms with E-state index in [1.165, 1.54) is 0 Å². The molecule has 0 heterocycles. The molecule has 1 aliphatic rings. The van der Waals surface area contributed by atoms with E-state index in [4.69, 9.17) is 0 Å². The van der Waals surface area contributed by atoms with Gasteiger partial charge in [0.1, 0.15) is 13.3 Å². The fraction of sp³-hybridized carbons (Fsp3) is 1.00. The van der Waals surface area contributed by atoms with Crippen LogP contribution in [0, 0.1) is 0 Å². The van der Waals surface area contributed by atoms with Crippen molar-refractivity contribution in [2.24, 2.45) is 0 Å². The predicted octanol–water partition coefficient (Wildman–Crippen LogP) is 5.15. The molecule has 0 spiro atoms. The Morgan fingerprint density at radius 1 is 0.741 bits per heavy atom. The Balaban J connectivity index is 3.75. The molecule has 11 heteroatoms. The molecular formula is C16H25F8NO2. The summed E-state index contributed by atoms with van der Waals surface area (Å²) in [5.74, 6) is 0. The molecule has 162 valence electrons. The molecule has 0 N–H and O–H groups in total. The third-order valence-electron chi connectivity index (χ3n) is 4.73. The second kappa shape index (κ2) is 9.21. The van der Waals surface area contributed by atoms with Gasteiger partial charge in [-0.1, -0.05) is 19.3 Å². The summed E-state index contributed by atoms with van der Waals surface area (Å²) < 4.78 is 120. The molecule has 2 atom stereocenters. The largest absolute Gasteiger partial charge is 0.434 e. The van der Waals surface area contributed by atoms with E-state index >= 15 is 0 Å². The summed E-state index contributed by atoms with van der Waals surface area (Å²) >= 11 is 0. The standard InChI is InChI=1S/C16H25F8NO2/c1-3-26-13(10-17,15(19,20)21)25(12-8-6-5-7-9-12)14(11-18,27-4-2)16(22,23)24/h12H,3-11H2,1-2H3. The van der Waals surface area contributed by atoms with Crippen LogP contribution in [-0.2, 0) is 9.47 Å². The summed E-state index contributed by atoms with van der Waals surface area (Å²) in [6.07, 6.45) is -10.0. The molecule has 0 aromatic carbocycles. The topological polar surface area (TPSA) is 21.7 Å². The minimum Gasteiger partial charge on any atom is -0.350 e. The fourth-order valence-corrected chi connectivity index (χ4v) is 3.63. The molecule has 0 aliphatic heterocycles. The Labute approximate surface area is 153 Å². The van der Waals surface area contributed by atoms with Crippen molar-refractivity contribution in [3.8, 4) is 0 Å². The Bertz CT molecular complexity index is 421. The maximum absolute atomic E-state index is 13.9. The van der Waals surface area contributed by atoms with Crippen molar-refractivity contribution in [3.63, 3.8) is 0 Å². The summed E-state index contributed by atoms with van der Waals surface area (Å²) in [6, 6.07) is -1.41. The van der Waals surface area contributed by atoms with Crippen molar-refractivity contribution in [2.75, 3.05) is 26.6 Å². The van der Waals surface area contributed by atoms with Gasteiger partial charge in [-0.05, 0) is 26.7 Å². The van der Waals surface area contributed by atoms with Crippen LogP contribution in [0.4, 0.5) is 35.1 Å². The van der Waals surface area contributed by atoms with E-state index in [2.05, 4.69) is 9.47 Å². The van der Waals surface area contributed by atoms with Crippen molar-refractivity contribution in [1.82, 2.24) is 4.90 Å². The zero-order chi connectivity index (χ0) is 20.9. The lowest BCUT2D eigenvalue weighted by molar-refractivity contribution is -0.429. The number of hydrogen-bond donors (Lipinski definition) is 0. The van der Waals surface area contributed by atoms with Crippen LogP contribution in [0.2, 0.25) is 0 Å². The van der Waals surface area contributed by atoms with Crippen molar-refractivity contribution in [3.05, 3.63) is 0 Å². The van der Waals surface area contributed by atoms with Gasteiger partial charge in [0, 0.05) is 19.3 Å². The summed E-state index contributed by atoms with van der Waals surface area (Å²) in [4.78, 5) is -0.258. The van der Waals surface area contributed by atoms with E-state index in [0.29, 0.717) is 19.3 Å². The number of alkyl halides is 8. The van der Waals surface area contributed by atoms with Crippen LogP contribution in [0.1, 0.15) is 46.0 Å². The van der Waals surface area contributed by atoms with Gasteiger partial charge in [0.15, 0.2) is 0 Å². The van der Waals surface area contributed by atoms with Gasteiger partial charge in [0.25, 0.3) is 11.4 Å². The SMILES string of the molecule is CCOC(CF)(N(C1CCCCC1)C(CF)(OCC)C(F)(F)F)C(F)(F)F. The quantitative estimate of drug-likeness (QED) is 0.384. The minimum absolute atomic E-state index is 0.0875. The summed E-state index contributed by atoms with van der Waals surface area (Å²) in [7, 11) is 0. The molecule has 0 aromatic heterocycles. The zero-order valence-electron chi connectivity index (χ0n) is 15.2. The van der Waals surface area contributed by atoms with Crippen molar-refractivity contribution < 1.29 is 44.6 Å². The molecule has 0 bridgehead atoms. The highest BCUT2D eigenvalue weighted by atomic mass is 19.4. The maximum Gasteiger partial charge on any atom is 0.434 e. The lowest BCUT2D eigenvalue weighted by atomic mass is 9.89. The molecule has 2 unspecified atom stereocenters. The highest BCUT2D eigenvalue weighted by Gasteiger charge is 2.73. The third-order valence-corrected chi connectivity index (χ3v) is 4.73. The van der Waals surface area contributed by atoms with E-state index in [1.807, 2.05) is 0 Å². The van der Waals surface area contributed by atoms with E-state index in [1.54, 1.807) is 0 Å². The predicted molar refractivity (Wildman–Crippen MR) is 81.5 cm³/mol. The van der Waals surface area contributed by atoms with Crippen molar-refractivity contribution >= 4 is 0 Å². The lowest BCUT2D eigenvalue weighted by Gasteiger charge is -2.55. The summed E-state index contributed by atoms with van der Waals surface area (Å²) in [6.45, 7) is -3.91. The highest BCUT2D eigenvalue weighted by Crippen LogP contribution is 2.50. The van der Waals surface area contributed by atoms with Gasteiger partial charge in [-0.3, -0.25) is 0 Å². The molecular weight excluding hydrogens is 390 g/mol. The Morgan fingerprint density at radius 2 is 1.11 bits per heavy atom. The van der Waals surface area contributed by atoms with Crippen LogP contribution < -0.4 is 0 Å². The average molecular weight is 415 g/mol. The smallest absolute Gasteiger partial charge is 0.350 e. The Hall–Kier alpha value is -0.680. The van der Waals surface area contributed by atoms with Crippen molar-refractivity contribution in [2.45, 2.75) is 75.8 Å². The van der Waals surface area contributed by atoms with Crippen molar-refractivity contribution in [1.29, 1.82) is 0 Å². The third kappa shape index (κ3) is 4.50. The number of hydrogen-bond acceptors (Lipinski definition) is 3. The normalized spacial score (nSPS) is 21.9. The van der Waals surface area contributed by atoms with E-state index in [9.17, 15) is 35.1 Å². The van der Waals surface area contributed by atoms with Gasteiger partial charge in [-0.2, -0.15) is 26.3 Å². The highest BCUT2D eigenvalue weighted by molar-refractivity contribution is 5.03. The first-order valence-electron chi connectivity index (χ1n) is 8.80. The summed E-state index contributed by atoms with van der Waals surface area (Å²) in [5, 5.41) is 0. The van der Waals surface area contributed by atoms with Gasteiger partial charge >= 0.3 is 12.4 Å². The van der Waals surface area contributed by atoms with Gasteiger partial charge in [-0.25, -0.2) is 13.7 Å². The monoisotopic (exact) mass is 415 g/mol. The molecule has 3 nitrogen and oxygen atoms in total. The Kier molecular flexibility index (Phi) is 8.31. The molecule has 1 aliphatic carbocycles. The number of halogens is 8. The molecule has 0 amide bonds. The molecule has 0 radical (unpaired) electrons. The average Bonchev–Trinajstić information content (AvgIpc) is 2.59. The van der Waals surface area contributed by atoms with Crippen LogP contribution in [0.3, 0.4) is 0 Å². The van der Waals surface area contributed by atoms with Crippen LogP contribution >= 0.6 is 0 Å². The maximum atomic E-state index is 13.9. The molecule has 0 aromatic rings. The first-order chi connectivity index (χ1) is 12.5. The first kappa shape index (κ1) is 24.4. The Morgan fingerprint density at radius 3 is 1.37 bits per heavy atom. The number of ether oxygens (including phenoxy) is 2. The molecule has 0 saturated heterocycles. The zero-order valence-corrected chi connectivity index (χ0v) is 15.2. The fourth-order valence-electron chi connectivity index (χ4n) is 3.63. The number of nitrogens with zero attached hydrogens (tertiary/aromatic N) is 1. The van der Waals surface area contributed by atoms with Crippen LogP contribution in [0.15, 0.2) is 0 Å². The second-order valence-electron chi connectivity index (χ2n) is 6.36. The lowest BCUT2D eigenvalue weighted by Crippen LogP contribution is -2.77. The molecule has 1 rings (SSSR count). The second-order valence-corrected chi connectivity index (χ2v) is 6.36. The molecule has 1 fully saturated rings. The van der Waals surface area contributed by atoms with Gasteiger partial charge in [0.05, 0.1) is 0 Å². The summed E-state index contributed by atoms with van der Waals surface area (Å²) in [5.41, 5.74) is -7.94. The minimum atomic E-state index is -5.56.